The molecule has 0 amide bonds. The molecule has 0 radical (unpaired) electrons. The summed E-state index contributed by atoms with van der Waals surface area (Å²) in [5, 5.41) is 0.634. The normalized spacial score (nSPS) is 12.3. The number of benzene rings is 1. The topological polar surface area (TPSA) is 28.1 Å². The summed E-state index contributed by atoms with van der Waals surface area (Å²) in [7, 11) is 0. The lowest BCUT2D eigenvalue weighted by Gasteiger charge is -1.98. The fourth-order valence-corrected chi connectivity index (χ4v) is 1.85. The number of hydrogen-bond donors (Lipinski definition) is 1. The second kappa shape index (κ2) is 4.47. The van der Waals surface area contributed by atoms with Crippen molar-refractivity contribution in [3.05, 3.63) is 35.8 Å². The zero-order chi connectivity index (χ0) is 11.5. The maximum atomic E-state index is 13.5. The molecule has 2 nitrogen and oxygen atoms in total. The lowest BCUT2D eigenvalue weighted by atomic mass is 10.2. The van der Waals surface area contributed by atoms with E-state index >= 15 is 0 Å². The van der Waals surface area contributed by atoms with E-state index < -0.39 is 0 Å². The molecule has 3 heteroatoms. The zero-order valence-corrected chi connectivity index (χ0v) is 9.55. The van der Waals surface area contributed by atoms with E-state index in [9.17, 15) is 4.39 Å². The largest absolute Gasteiger partial charge is 0.353 e. The van der Waals surface area contributed by atoms with Gasteiger partial charge >= 0.3 is 0 Å². The number of rotatable bonds is 3. The van der Waals surface area contributed by atoms with E-state index in [-0.39, 0.29) is 5.82 Å². The Kier molecular flexibility index (Phi) is 3.04. The highest BCUT2D eigenvalue weighted by Crippen LogP contribution is 2.19. The third kappa shape index (κ3) is 1.85. The Morgan fingerprint density at radius 1 is 1.38 bits per heavy atom. The highest BCUT2D eigenvalue weighted by Gasteiger charge is 2.08. The number of halogens is 1. The molecule has 84 valence electrons. The Morgan fingerprint density at radius 3 is 2.81 bits per heavy atom. The van der Waals surface area contributed by atoms with Gasteiger partial charge in [-0.1, -0.05) is 13.0 Å². The smallest absolute Gasteiger partial charge is 0.132 e. The van der Waals surface area contributed by atoms with Crippen molar-refractivity contribution in [2.24, 2.45) is 4.99 Å². The molecule has 0 aliphatic rings. The van der Waals surface area contributed by atoms with Gasteiger partial charge in [-0.15, -0.1) is 0 Å². The van der Waals surface area contributed by atoms with E-state index in [0.29, 0.717) is 5.39 Å². The second-order valence-corrected chi connectivity index (χ2v) is 3.66. The quantitative estimate of drug-likeness (QED) is 0.763. The standard InChI is InChI=1S/C13H15FN2/c1-3-11(15-4-2)13-8-9-10(14)6-5-7-12(9)16-13/h5-8,16H,3-4H2,1-2H3. The van der Waals surface area contributed by atoms with E-state index in [4.69, 9.17) is 0 Å². The van der Waals surface area contributed by atoms with Crippen LogP contribution in [0.5, 0.6) is 0 Å². The van der Waals surface area contributed by atoms with E-state index in [1.54, 1.807) is 6.07 Å². The van der Waals surface area contributed by atoms with Gasteiger partial charge in [-0.25, -0.2) is 4.39 Å². The van der Waals surface area contributed by atoms with Crippen molar-refractivity contribution in [1.29, 1.82) is 0 Å². The number of hydrogen-bond acceptors (Lipinski definition) is 1. The van der Waals surface area contributed by atoms with Crippen LogP contribution in [-0.2, 0) is 0 Å². The van der Waals surface area contributed by atoms with E-state index in [1.807, 2.05) is 19.1 Å². The van der Waals surface area contributed by atoms with Crippen molar-refractivity contribution in [3.63, 3.8) is 0 Å². The van der Waals surface area contributed by atoms with Crippen molar-refractivity contribution < 1.29 is 4.39 Å². The predicted octanol–water partition coefficient (Wildman–Crippen LogP) is 3.53. The van der Waals surface area contributed by atoms with E-state index in [1.165, 1.54) is 6.07 Å². The predicted molar refractivity (Wildman–Crippen MR) is 65.6 cm³/mol. The lowest BCUT2D eigenvalue weighted by Crippen LogP contribution is -1.99. The third-order valence-corrected chi connectivity index (χ3v) is 2.61. The molecule has 2 aromatic rings. The van der Waals surface area contributed by atoms with Crippen molar-refractivity contribution >= 4 is 16.6 Å². The van der Waals surface area contributed by atoms with Gasteiger partial charge in [0, 0.05) is 17.4 Å². The van der Waals surface area contributed by atoms with Crippen LogP contribution in [0, 0.1) is 5.82 Å². The SMILES string of the molecule is CCN=C(CC)c1cc2c(F)cccc2[nH]1. The highest BCUT2D eigenvalue weighted by atomic mass is 19.1. The monoisotopic (exact) mass is 218 g/mol. The van der Waals surface area contributed by atoms with Crippen LogP contribution in [-0.4, -0.2) is 17.2 Å². The molecule has 0 aliphatic carbocycles. The van der Waals surface area contributed by atoms with Crippen molar-refractivity contribution in [1.82, 2.24) is 4.98 Å². The molecule has 1 aromatic heterocycles. The summed E-state index contributed by atoms with van der Waals surface area (Å²) in [4.78, 5) is 7.60. The summed E-state index contributed by atoms with van der Waals surface area (Å²) in [6.07, 6.45) is 0.849. The Hall–Kier alpha value is -1.64. The summed E-state index contributed by atoms with van der Waals surface area (Å²) >= 11 is 0. The van der Waals surface area contributed by atoms with Crippen LogP contribution in [0.4, 0.5) is 4.39 Å². The van der Waals surface area contributed by atoms with Gasteiger partial charge in [0.05, 0.1) is 11.4 Å². The van der Waals surface area contributed by atoms with Gasteiger partial charge in [-0.3, -0.25) is 4.99 Å². The Bertz CT molecular complexity index is 526. The molecule has 0 fully saturated rings. The molecule has 1 N–H and O–H groups in total. The molecule has 1 heterocycles. The van der Waals surface area contributed by atoms with Gasteiger partial charge in [0.25, 0.3) is 0 Å². The van der Waals surface area contributed by atoms with E-state index in [0.717, 1.165) is 29.9 Å². The fourth-order valence-electron chi connectivity index (χ4n) is 1.85. The first-order chi connectivity index (χ1) is 7.76. The van der Waals surface area contributed by atoms with Gasteiger partial charge in [0.1, 0.15) is 5.82 Å². The summed E-state index contributed by atoms with van der Waals surface area (Å²) in [6.45, 7) is 4.80. The average molecular weight is 218 g/mol. The van der Waals surface area contributed by atoms with Crippen LogP contribution in [0.3, 0.4) is 0 Å². The van der Waals surface area contributed by atoms with Crippen molar-refractivity contribution in [2.45, 2.75) is 20.3 Å². The lowest BCUT2D eigenvalue weighted by molar-refractivity contribution is 0.640. The van der Waals surface area contributed by atoms with Crippen LogP contribution in [0.1, 0.15) is 26.0 Å². The molecule has 2 rings (SSSR count). The number of H-pyrrole nitrogens is 1. The van der Waals surface area contributed by atoms with Crippen molar-refractivity contribution in [2.75, 3.05) is 6.54 Å². The molecular formula is C13H15FN2. The number of fused-ring (bicyclic) bond motifs is 1. The number of nitrogens with zero attached hydrogens (tertiary/aromatic N) is 1. The Balaban J connectivity index is 2.54. The Labute approximate surface area is 94.2 Å². The van der Waals surface area contributed by atoms with Gasteiger partial charge in [-0.2, -0.15) is 0 Å². The van der Waals surface area contributed by atoms with Gasteiger partial charge in [0.2, 0.25) is 0 Å². The van der Waals surface area contributed by atoms with Gasteiger partial charge in [-0.05, 0) is 31.5 Å². The Morgan fingerprint density at radius 2 is 2.19 bits per heavy atom. The van der Waals surface area contributed by atoms with Crippen LogP contribution in [0.2, 0.25) is 0 Å². The molecule has 0 saturated heterocycles. The second-order valence-electron chi connectivity index (χ2n) is 3.66. The molecule has 0 unspecified atom stereocenters. The molecule has 0 bridgehead atoms. The molecule has 16 heavy (non-hydrogen) atoms. The molecule has 0 aliphatic heterocycles. The molecule has 0 spiro atoms. The minimum Gasteiger partial charge on any atom is -0.353 e. The number of nitrogens with one attached hydrogen (secondary N) is 1. The minimum atomic E-state index is -0.188. The third-order valence-electron chi connectivity index (χ3n) is 2.61. The maximum Gasteiger partial charge on any atom is 0.132 e. The summed E-state index contributed by atoms with van der Waals surface area (Å²) in [5.41, 5.74) is 2.75. The van der Waals surface area contributed by atoms with Crippen LogP contribution < -0.4 is 0 Å². The van der Waals surface area contributed by atoms with Crippen molar-refractivity contribution in [3.8, 4) is 0 Å². The van der Waals surface area contributed by atoms with Crippen LogP contribution in [0.25, 0.3) is 10.9 Å². The van der Waals surface area contributed by atoms with E-state index in [2.05, 4.69) is 16.9 Å². The van der Waals surface area contributed by atoms with Crippen LogP contribution in [0.15, 0.2) is 29.3 Å². The average Bonchev–Trinajstić information content (AvgIpc) is 2.71. The molecule has 0 saturated carbocycles. The molecule has 1 aromatic carbocycles. The molecular weight excluding hydrogens is 203 g/mol. The molecule has 0 atom stereocenters. The number of aliphatic imine (C=N–C) groups is 1. The minimum absolute atomic E-state index is 0.188. The first kappa shape index (κ1) is 10.9. The first-order valence-corrected chi connectivity index (χ1v) is 5.57. The number of aromatic amines is 1. The maximum absolute atomic E-state index is 13.5. The fraction of sp³-hybridized carbons (Fsp3) is 0.308. The van der Waals surface area contributed by atoms with Gasteiger partial charge in [0.15, 0.2) is 0 Å². The summed E-state index contributed by atoms with van der Waals surface area (Å²) < 4.78 is 13.5. The highest BCUT2D eigenvalue weighted by molar-refractivity contribution is 6.02. The summed E-state index contributed by atoms with van der Waals surface area (Å²) in [5.74, 6) is -0.188. The van der Waals surface area contributed by atoms with Gasteiger partial charge < -0.3 is 4.98 Å². The summed E-state index contributed by atoms with van der Waals surface area (Å²) in [6, 6.07) is 6.90. The number of aromatic nitrogens is 1. The zero-order valence-electron chi connectivity index (χ0n) is 9.55. The van der Waals surface area contributed by atoms with Crippen LogP contribution >= 0.6 is 0 Å². The first-order valence-electron chi connectivity index (χ1n) is 5.57.